The van der Waals surface area contributed by atoms with Gasteiger partial charge in [0.2, 0.25) is 5.78 Å². The number of aromatic nitrogens is 4. The SMILES string of the molecule is CC(C)(C)CC(C)(C)Nc1c(-c2ccc(C#Cc3ccccc3)nc2)nc2ncccn12. The van der Waals surface area contributed by atoms with E-state index >= 15 is 0 Å². The molecular weight excluding hydrogens is 394 g/mol. The van der Waals surface area contributed by atoms with Gasteiger partial charge in [-0.2, -0.15) is 0 Å². The van der Waals surface area contributed by atoms with E-state index in [1.807, 2.05) is 65.3 Å². The largest absolute Gasteiger partial charge is 0.364 e. The second-order valence-corrected chi connectivity index (χ2v) is 9.89. The first kappa shape index (κ1) is 21.6. The second-order valence-electron chi connectivity index (χ2n) is 9.89. The van der Waals surface area contributed by atoms with Crippen molar-refractivity contribution in [2.45, 2.75) is 46.6 Å². The van der Waals surface area contributed by atoms with Crippen molar-refractivity contribution in [3.63, 3.8) is 0 Å². The van der Waals surface area contributed by atoms with Gasteiger partial charge in [-0.25, -0.2) is 15.0 Å². The van der Waals surface area contributed by atoms with E-state index in [-0.39, 0.29) is 11.0 Å². The van der Waals surface area contributed by atoms with E-state index in [0.717, 1.165) is 34.8 Å². The smallest absolute Gasteiger partial charge is 0.235 e. The fourth-order valence-electron chi connectivity index (χ4n) is 4.16. The Bertz CT molecular complexity index is 1270. The topological polar surface area (TPSA) is 55.1 Å². The van der Waals surface area contributed by atoms with E-state index in [1.165, 1.54) is 0 Å². The molecule has 3 aromatic heterocycles. The van der Waals surface area contributed by atoms with Crippen molar-refractivity contribution in [3.05, 3.63) is 78.4 Å². The summed E-state index contributed by atoms with van der Waals surface area (Å²) in [4.78, 5) is 13.8. The Morgan fingerprint density at radius 2 is 1.69 bits per heavy atom. The summed E-state index contributed by atoms with van der Waals surface area (Å²) in [5.74, 6) is 7.86. The summed E-state index contributed by atoms with van der Waals surface area (Å²) < 4.78 is 2.00. The van der Waals surface area contributed by atoms with Crippen molar-refractivity contribution in [3.8, 4) is 23.1 Å². The number of nitrogens with zero attached hydrogens (tertiary/aromatic N) is 4. The Morgan fingerprint density at radius 1 is 0.906 bits per heavy atom. The summed E-state index contributed by atoms with van der Waals surface area (Å²) in [7, 11) is 0. The minimum Gasteiger partial charge on any atom is -0.364 e. The highest BCUT2D eigenvalue weighted by molar-refractivity contribution is 5.75. The molecule has 4 aromatic rings. The quantitative estimate of drug-likeness (QED) is 0.420. The first-order valence-corrected chi connectivity index (χ1v) is 10.9. The zero-order valence-electron chi connectivity index (χ0n) is 19.3. The average molecular weight is 424 g/mol. The third kappa shape index (κ3) is 5.15. The van der Waals surface area contributed by atoms with Gasteiger partial charge in [-0.05, 0) is 61.9 Å². The van der Waals surface area contributed by atoms with Gasteiger partial charge in [-0.1, -0.05) is 44.9 Å². The number of pyridine rings is 1. The van der Waals surface area contributed by atoms with Crippen molar-refractivity contribution in [2.75, 3.05) is 5.32 Å². The first-order valence-electron chi connectivity index (χ1n) is 10.9. The standard InChI is InChI=1S/C27H29N5/c1-26(2,3)19-27(4,5)31-24-23(30-25-28-16-9-17-32(24)25)21-13-15-22(29-18-21)14-12-20-10-7-6-8-11-20/h6-11,13,15-18,31H,19H2,1-5H3. The highest BCUT2D eigenvalue weighted by Gasteiger charge is 2.28. The average Bonchev–Trinajstić information content (AvgIpc) is 3.09. The summed E-state index contributed by atoms with van der Waals surface area (Å²) >= 11 is 0. The van der Waals surface area contributed by atoms with Crippen LogP contribution < -0.4 is 5.32 Å². The number of imidazole rings is 1. The highest BCUT2D eigenvalue weighted by Crippen LogP contribution is 2.34. The van der Waals surface area contributed by atoms with Crippen LogP contribution in [0.5, 0.6) is 0 Å². The van der Waals surface area contributed by atoms with Gasteiger partial charge in [0, 0.05) is 35.3 Å². The lowest BCUT2D eigenvalue weighted by molar-refractivity contribution is 0.302. The van der Waals surface area contributed by atoms with Crippen LogP contribution in [0.4, 0.5) is 5.82 Å². The zero-order valence-corrected chi connectivity index (χ0v) is 19.3. The highest BCUT2D eigenvalue weighted by atomic mass is 15.2. The lowest BCUT2D eigenvalue weighted by atomic mass is 9.82. The molecule has 0 aliphatic rings. The van der Waals surface area contributed by atoms with E-state index in [1.54, 1.807) is 6.20 Å². The van der Waals surface area contributed by atoms with Crippen molar-refractivity contribution in [2.24, 2.45) is 5.41 Å². The predicted molar refractivity (Wildman–Crippen MR) is 130 cm³/mol. The maximum atomic E-state index is 4.80. The van der Waals surface area contributed by atoms with Crippen LogP contribution in [0.25, 0.3) is 17.0 Å². The van der Waals surface area contributed by atoms with Crippen LogP contribution in [-0.2, 0) is 0 Å². The Kier molecular flexibility index (Phi) is 5.71. The van der Waals surface area contributed by atoms with Crippen molar-refractivity contribution in [1.29, 1.82) is 0 Å². The van der Waals surface area contributed by atoms with Crippen molar-refractivity contribution < 1.29 is 0 Å². The Morgan fingerprint density at radius 3 is 2.38 bits per heavy atom. The van der Waals surface area contributed by atoms with E-state index in [2.05, 4.69) is 61.7 Å². The van der Waals surface area contributed by atoms with Crippen LogP contribution in [0.1, 0.15) is 52.3 Å². The first-order chi connectivity index (χ1) is 15.2. The number of fused-ring (bicyclic) bond motifs is 1. The Labute approximate surface area is 190 Å². The molecule has 0 spiro atoms. The minimum atomic E-state index is -0.132. The van der Waals surface area contributed by atoms with Gasteiger partial charge in [-0.3, -0.25) is 4.40 Å². The van der Waals surface area contributed by atoms with E-state index in [4.69, 9.17) is 4.98 Å². The number of nitrogens with one attached hydrogen (secondary N) is 1. The molecule has 0 radical (unpaired) electrons. The Balaban J connectivity index is 1.68. The van der Waals surface area contributed by atoms with Gasteiger partial charge in [0.15, 0.2) is 0 Å². The minimum absolute atomic E-state index is 0.132. The number of anilines is 1. The molecule has 0 unspecified atom stereocenters. The molecule has 1 aromatic carbocycles. The van der Waals surface area contributed by atoms with Gasteiger partial charge in [0.05, 0.1) is 0 Å². The molecule has 0 aliphatic carbocycles. The van der Waals surface area contributed by atoms with Crippen LogP contribution in [0.2, 0.25) is 0 Å². The molecule has 3 heterocycles. The van der Waals surface area contributed by atoms with Crippen LogP contribution in [0.15, 0.2) is 67.1 Å². The summed E-state index contributed by atoms with van der Waals surface area (Å²) in [6.45, 7) is 11.2. The van der Waals surface area contributed by atoms with Crippen LogP contribution in [0, 0.1) is 17.3 Å². The number of benzene rings is 1. The van der Waals surface area contributed by atoms with Crippen molar-refractivity contribution in [1.82, 2.24) is 19.4 Å². The third-order valence-electron chi connectivity index (χ3n) is 4.98. The molecule has 0 atom stereocenters. The normalized spacial score (nSPS) is 11.8. The fraction of sp³-hybridized carbons (Fsp3) is 0.296. The van der Waals surface area contributed by atoms with E-state index < -0.39 is 0 Å². The lowest BCUT2D eigenvalue weighted by Gasteiger charge is -2.34. The predicted octanol–water partition coefficient (Wildman–Crippen LogP) is 5.82. The molecule has 4 rings (SSSR count). The van der Waals surface area contributed by atoms with E-state index in [0.29, 0.717) is 5.78 Å². The maximum Gasteiger partial charge on any atom is 0.235 e. The maximum absolute atomic E-state index is 4.80. The molecule has 1 N–H and O–H groups in total. The fourth-order valence-corrected chi connectivity index (χ4v) is 4.16. The lowest BCUT2D eigenvalue weighted by Crippen LogP contribution is -2.36. The van der Waals surface area contributed by atoms with Gasteiger partial charge < -0.3 is 5.32 Å². The van der Waals surface area contributed by atoms with Crippen LogP contribution in [0.3, 0.4) is 0 Å². The summed E-state index contributed by atoms with van der Waals surface area (Å²) in [5.41, 5.74) is 3.51. The zero-order chi connectivity index (χ0) is 22.8. The molecule has 5 heteroatoms. The second kappa shape index (κ2) is 8.47. The number of hydrogen-bond acceptors (Lipinski definition) is 4. The number of hydrogen-bond donors (Lipinski definition) is 1. The van der Waals surface area contributed by atoms with Gasteiger partial charge in [-0.15, -0.1) is 0 Å². The molecule has 0 bridgehead atoms. The molecular formula is C27H29N5. The van der Waals surface area contributed by atoms with Gasteiger partial charge >= 0.3 is 0 Å². The Hall–Kier alpha value is -3.65. The summed E-state index contributed by atoms with van der Waals surface area (Å²) in [6.07, 6.45) is 6.58. The summed E-state index contributed by atoms with van der Waals surface area (Å²) in [6, 6.07) is 15.8. The van der Waals surface area contributed by atoms with Crippen LogP contribution >= 0.6 is 0 Å². The van der Waals surface area contributed by atoms with E-state index in [9.17, 15) is 0 Å². The monoisotopic (exact) mass is 423 g/mol. The van der Waals surface area contributed by atoms with Crippen LogP contribution in [-0.4, -0.2) is 24.9 Å². The third-order valence-corrected chi connectivity index (χ3v) is 4.98. The molecule has 32 heavy (non-hydrogen) atoms. The molecule has 0 amide bonds. The number of rotatable bonds is 4. The van der Waals surface area contributed by atoms with Crippen molar-refractivity contribution >= 4 is 11.6 Å². The molecule has 0 aliphatic heterocycles. The summed E-state index contributed by atoms with van der Waals surface area (Å²) in [5, 5.41) is 3.73. The molecule has 0 fully saturated rings. The molecule has 0 saturated carbocycles. The van der Waals surface area contributed by atoms with Gasteiger partial charge in [0.25, 0.3) is 0 Å². The molecule has 162 valence electrons. The van der Waals surface area contributed by atoms with Gasteiger partial charge in [0.1, 0.15) is 17.2 Å². The molecule has 0 saturated heterocycles. The molecule has 5 nitrogen and oxygen atoms in total.